The zero-order chi connectivity index (χ0) is 15.5. The van der Waals surface area contributed by atoms with E-state index in [1.807, 2.05) is 6.92 Å². The summed E-state index contributed by atoms with van der Waals surface area (Å²) in [7, 11) is -0.728. The summed E-state index contributed by atoms with van der Waals surface area (Å²) in [6.45, 7) is 1.81. The van der Waals surface area contributed by atoms with Crippen LogP contribution < -0.4 is 10.6 Å². The van der Waals surface area contributed by atoms with Crippen LogP contribution in [0.5, 0.6) is 0 Å². The average Bonchev–Trinajstić information content (AvgIpc) is 3.07. The summed E-state index contributed by atoms with van der Waals surface area (Å²) >= 11 is 1.27. The van der Waals surface area contributed by atoms with E-state index < -0.39 is 10.8 Å². The molecule has 3 heterocycles. The highest BCUT2D eigenvalue weighted by Gasteiger charge is 2.21. The van der Waals surface area contributed by atoms with Gasteiger partial charge in [-0.2, -0.15) is 5.26 Å². The number of nitrogens with one attached hydrogen (secondary N) is 2. The predicted molar refractivity (Wildman–Crippen MR) is 86.8 cm³/mol. The molecule has 0 spiro atoms. The maximum Gasteiger partial charge on any atom is 0.189 e. The van der Waals surface area contributed by atoms with Crippen LogP contribution in [0.4, 0.5) is 16.8 Å². The SMILES string of the molecule is Cc1nc(Nc2ncc(C#N)s2)cc(NC2CCS(=O)C2)n1. The molecule has 0 amide bonds. The molecule has 7 nitrogen and oxygen atoms in total. The Kier molecular flexibility index (Phi) is 4.31. The Morgan fingerprint density at radius 2 is 2.27 bits per heavy atom. The zero-order valence-corrected chi connectivity index (χ0v) is 13.5. The summed E-state index contributed by atoms with van der Waals surface area (Å²) in [5.41, 5.74) is 0. The van der Waals surface area contributed by atoms with E-state index in [-0.39, 0.29) is 6.04 Å². The van der Waals surface area contributed by atoms with Crippen LogP contribution in [0.1, 0.15) is 17.1 Å². The van der Waals surface area contributed by atoms with Crippen LogP contribution in [0.25, 0.3) is 0 Å². The first-order valence-corrected chi connectivity index (χ1v) is 9.03. The summed E-state index contributed by atoms with van der Waals surface area (Å²) < 4.78 is 11.4. The number of aromatic nitrogens is 3. The van der Waals surface area contributed by atoms with Crippen molar-refractivity contribution in [2.24, 2.45) is 0 Å². The lowest BCUT2D eigenvalue weighted by molar-refractivity contribution is 0.686. The Morgan fingerprint density at radius 1 is 1.45 bits per heavy atom. The molecule has 9 heteroatoms. The fourth-order valence-electron chi connectivity index (χ4n) is 2.19. The lowest BCUT2D eigenvalue weighted by Gasteiger charge is -2.13. The number of aryl methyl sites for hydroxylation is 1. The fourth-order valence-corrected chi connectivity index (χ4v) is 4.22. The fraction of sp³-hybridized carbons (Fsp3) is 0.385. The standard InChI is InChI=1S/C13H14N6OS2/c1-8-16-11(18-9-2-3-22(20)7-9)4-12(17-8)19-13-15-6-10(5-14)21-13/h4,6,9H,2-3,7H2,1H3,(H2,15,16,17,18,19). The number of nitrogens with zero attached hydrogens (tertiary/aromatic N) is 4. The molecule has 1 aliphatic heterocycles. The van der Waals surface area contributed by atoms with Crippen molar-refractivity contribution >= 4 is 38.9 Å². The molecule has 2 aromatic heterocycles. The number of thiazole rings is 1. The molecule has 3 rings (SSSR count). The number of hydrogen-bond donors (Lipinski definition) is 2. The molecule has 0 saturated carbocycles. The Hall–Kier alpha value is -2.05. The highest BCUT2D eigenvalue weighted by molar-refractivity contribution is 7.85. The molecule has 0 bridgehead atoms. The van der Waals surface area contributed by atoms with Gasteiger partial charge in [0.2, 0.25) is 0 Å². The van der Waals surface area contributed by atoms with Gasteiger partial charge in [-0.05, 0) is 13.3 Å². The topological polar surface area (TPSA) is 104 Å². The van der Waals surface area contributed by atoms with Crippen molar-refractivity contribution in [3.05, 3.63) is 23.0 Å². The molecule has 114 valence electrons. The van der Waals surface area contributed by atoms with Crippen molar-refractivity contribution in [3.63, 3.8) is 0 Å². The number of nitriles is 1. The summed E-state index contributed by atoms with van der Waals surface area (Å²) in [4.78, 5) is 13.3. The minimum absolute atomic E-state index is 0.188. The molecular formula is C13H14N6OS2. The van der Waals surface area contributed by atoms with E-state index >= 15 is 0 Å². The second kappa shape index (κ2) is 6.37. The Morgan fingerprint density at radius 3 is 2.95 bits per heavy atom. The van der Waals surface area contributed by atoms with Gasteiger partial charge in [0.1, 0.15) is 28.4 Å². The van der Waals surface area contributed by atoms with E-state index in [9.17, 15) is 4.21 Å². The van der Waals surface area contributed by atoms with Gasteiger partial charge in [-0.3, -0.25) is 4.21 Å². The highest BCUT2D eigenvalue weighted by Crippen LogP contribution is 2.23. The normalized spacial score (nSPS) is 20.5. The van der Waals surface area contributed by atoms with Gasteiger partial charge >= 0.3 is 0 Å². The van der Waals surface area contributed by atoms with Crippen molar-refractivity contribution in [3.8, 4) is 6.07 Å². The van der Waals surface area contributed by atoms with Gasteiger partial charge in [-0.25, -0.2) is 15.0 Å². The van der Waals surface area contributed by atoms with Crippen LogP contribution in [0.2, 0.25) is 0 Å². The molecule has 22 heavy (non-hydrogen) atoms. The average molecular weight is 334 g/mol. The van der Waals surface area contributed by atoms with Crippen molar-refractivity contribution in [2.75, 3.05) is 22.1 Å². The second-order valence-corrected chi connectivity index (χ2v) is 7.54. The van der Waals surface area contributed by atoms with E-state index in [0.29, 0.717) is 33.2 Å². The maximum absolute atomic E-state index is 11.4. The lowest BCUT2D eigenvalue weighted by atomic mass is 10.2. The van der Waals surface area contributed by atoms with Crippen LogP contribution in [-0.4, -0.2) is 36.7 Å². The van der Waals surface area contributed by atoms with E-state index in [1.54, 1.807) is 6.07 Å². The minimum Gasteiger partial charge on any atom is -0.366 e. The van der Waals surface area contributed by atoms with E-state index in [4.69, 9.17) is 5.26 Å². The molecule has 2 aromatic rings. The third-order valence-electron chi connectivity index (χ3n) is 3.12. The zero-order valence-electron chi connectivity index (χ0n) is 11.9. The first-order valence-electron chi connectivity index (χ1n) is 6.72. The number of anilines is 3. The van der Waals surface area contributed by atoms with Crippen molar-refractivity contribution in [1.82, 2.24) is 15.0 Å². The van der Waals surface area contributed by atoms with Gasteiger partial charge in [0.25, 0.3) is 0 Å². The lowest BCUT2D eigenvalue weighted by Crippen LogP contribution is -2.20. The van der Waals surface area contributed by atoms with Crippen LogP contribution in [-0.2, 0) is 10.8 Å². The van der Waals surface area contributed by atoms with Crippen LogP contribution in [0.3, 0.4) is 0 Å². The second-order valence-electron chi connectivity index (χ2n) is 4.89. The van der Waals surface area contributed by atoms with Gasteiger partial charge in [0.05, 0.1) is 6.20 Å². The van der Waals surface area contributed by atoms with Gasteiger partial charge in [0.15, 0.2) is 5.13 Å². The Balaban J connectivity index is 1.74. The molecule has 2 atom stereocenters. The quantitative estimate of drug-likeness (QED) is 0.878. The van der Waals surface area contributed by atoms with E-state index in [2.05, 4.69) is 31.7 Å². The predicted octanol–water partition coefficient (Wildman–Crippen LogP) is 1.79. The highest BCUT2D eigenvalue weighted by atomic mass is 32.2. The van der Waals surface area contributed by atoms with Crippen molar-refractivity contribution in [2.45, 2.75) is 19.4 Å². The molecule has 0 aromatic carbocycles. The maximum atomic E-state index is 11.4. The number of rotatable bonds is 4. The molecule has 2 N–H and O–H groups in total. The first-order chi connectivity index (χ1) is 10.6. The molecule has 1 aliphatic rings. The van der Waals surface area contributed by atoms with Crippen LogP contribution in [0, 0.1) is 18.3 Å². The van der Waals surface area contributed by atoms with Crippen molar-refractivity contribution < 1.29 is 4.21 Å². The summed E-state index contributed by atoms with van der Waals surface area (Å²) in [5, 5.41) is 15.8. The number of hydrogen-bond acceptors (Lipinski definition) is 8. The van der Waals surface area contributed by atoms with E-state index in [1.165, 1.54) is 17.5 Å². The van der Waals surface area contributed by atoms with Gasteiger partial charge in [0, 0.05) is 34.4 Å². The third kappa shape index (κ3) is 3.58. The molecule has 1 fully saturated rings. The largest absolute Gasteiger partial charge is 0.366 e. The van der Waals surface area contributed by atoms with Crippen LogP contribution >= 0.6 is 11.3 Å². The Labute approximate surface area is 134 Å². The molecular weight excluding hydrogens is 320 g/mol. The van der Waals surface area contributed by atoms with Crippen LogP contribution in [0.15, 0.2) is 12.3 Å². The summed E-state index contributed by atoms with van der Waals surface area (Å²) in [6, 6.07) is 4.03. The first kappa shape index (κ1) is 14.9. The van der Waals surface area contributed by atoms with E-state index in [0.717, 1.165) is 12.2 Å². The molecule has 0 radical (unpaired) electrons. The molecule has 1 saturated heterocycles. The molecule has 0 aliphatic carbocycles. The summed E-state index contributed by atoms with van der Waals surface area (Å²) in [6.07, 6.45) is 2.41. The van der Waals surface area contributed by atoms with Gasteiger partial charge in [-0.1, -0.05) is 11.3 Å². The monoisotopic (exact) mass is 334 g/mol. The van der Waals surface area contributed by atoms with Crippen molar-refractivity contribution in [1.29, 1.82) is 5.26 Å². The van der Waals surface area contributed by atoms with Gasteiger partial charge < -0.3 is 10.6 Å². The smallest absolute Gasteiger partial charge is 0.189 e. The minimum atomic E-state index is -0.728. The van der Waals surface area contributed by atoms with Gasteiger partial charge in [-0.15, -0.1) is 0 Å². The molecule has 2 unspecified atom stereocenters. The Bertz CT molecular complexity index is 753. The summed E-state index contributed by atoms with van der Waals surface area (Å²) in [5.74, 6) is 3.35. The third-order valence-corrected chi connectivity index (χ3v) is 5.40.